The van der Waals surface area contributed by atoms with Crippen molar-refractivity contribution in [3.05, 3.63) is 48.0 Å². The molecule has 0 amide bonds. The normalized spacial score (nSPS) is 15.8. The van der Waals surface area contributed by atoms with Crippen molar-refractivity contribution in [1.82, 2.24) is 14.9 Å². The van der Waals surface area contributed by atoms with E-state index in [9.17, 15) is 0 Å². The number of hydrogen-bond acceptors (Lipinski definition) is 3. The van der Waals surface area contributed by atoms with Gasteiger partial charge in [-0.05, 0) is 37.6 Å². The van der Waals surface area contributed by atoms with E-state index in [0.717, 1.165) is 18.9 Å². The standard InChI is InChI=1S/C15H20N4/c1-2-6-14(18-11-15-16-7-8-17-15)13(5-1)12-19-9-3-4-10-19/h1-2,5-8,18H,3-4,9-12H2,(H,16,17). The van der Waals surface area contributed by atoms with Crippen molar-refractivity contribution in [2.45, 2.75) is 25.9 Å². The molecule has 2 N–H and O–H groups in total. The summed E-state index contributed by atoms with van der Waals surface area (Å²) in [5, 5.41) is 3.47. The van der Waals surface area contributed by atoms with Gasteiger partial charge >= 0.3 is 0 Å². The maximum atomic E-state index is 4.24. The highest BCUT2D eigenvalue weighted by Gasteiger charge is 2.13. The van der Waals surface area contributed by atoms with Crippen molar-refractivity contribution < 1.29 is 0 Å². The number of nitrogens with one attached hydrogen (secondary N) is 2. The van der Waals surface area contributed by atoms with Gasteiger partial charge in [0.2, 0.25) is 0 Å². The minimum atomic E-state index is 0.740. The second-order valence-electron chi connectivity index (χ2n) is 5.03. The van der Waals surface area contributed by atoms with Crippen molar-refractivity contribution in [2.75, 3.05) is 18.4 Å². The first-order valence-corrected chi connectivity index (χ1v) is 6.94. The molecule has 0 bridgehead atoms. The Kier molecular flexibility index (Phi) is 3.79. The lowest BCUT2D eigenvalue weighted by atomic mass is 10.1. The Morgan fingerprint density at radius 2 is 2.05 bits per heavy atom. The van der Waals surface area contributed by atoms with Gasteiger partial charge in [-0.25, -0.2) is 4.98 Å². The zero-order valence-corrected chi connectivity index (χ0v) is 11.1. The fraction of sp³-hybridized carbons (Fsp3) is 0.400. The zero-order chi connectivity index (χ0) is 12.9. The molecule has 1 fully saturated rings. The Labute approximate surface area is 113 Å². The molecule has 1 aromatic carbocycles. The Hall–Kier alpha value is -1.81. The van der Waals surface area contributed by atoms with Crippen LogP contribution in [0, 0.1) is 0 Å². The summed E-state index contributed by atoms with van der Waals surface area (Å²) in [4.78, 5) is 9.87. The molecule has 0 spiro atoms. The zero-order valence-electron chi connectivity index (χ0n) is 11.1. The molecule has 3 rings (SSSR count). The lowest BCUT2D eigenvalue weighted by Crippen LogP contribution is -2.19. The van der Waals surface area contributed by atoms with Gasteiger partial charge in [0.25, 0.3) is 0 Å². The molecule has 0 radical (unpaired) electrons. The first kappa shape index (κ1) is 12.2. The molecule has 1 saturated heterocycles. The number of aromatic amines is 1. The highest BCUT2D eigenvalue weighted by atomic mass is 15.1. The summed E-state index contributed by atoms with van der Waals surface area (Å²) in [7, 11) is 0. The second kappa shape index (κ2) is 5.89. The molecular formula is C15H20N4. The number of H-pyrrole nitrogens is 1. The molecule has 4 heteroatoms. The smallest absolute Gasteiger partial charge is 0.125 e. The maximum absolute atomic E-state index is 4.24. The largest absolute Gasteiger partial charge is 0.378 e. The van der Waals surface area contributed by atoms with Gasteiger partial charge in [-0.1, -0.05) is 18.2 Å². The van der Waals surface area contributed by atoms with E-state index in [1.807, 2.05) is 6.20 Å². The lowest BCUT2D eigenvalue weighted by Gasteiger charge is -2.18. The summed E-state index contributed by atoms with van der Waals surface area (Å²) in [5.41, 5.74) is 2.58. The summed E-state index contributed by atoms with van der Waals surface area (Å²) in [5.74, 6) is 0.968. The van der Waals surface area contributed by atoms with Crippen molar-refractivity contribution in [3.63, 3.8) is 0 Å². The first-order chi connectivity index (χ1) is 9.42. The molecule has 100 valence electrons. The van der Waals surface area contributed by atoms with Gasteiger partial charge in [-0.15, -0.1) is 0 Å². The number of nitrogens with zero attached hydrogens (tertiary/aromatic N) is 2. The van der Waals surface area contributed by atoms with Crippen molar-refractivity contribution in [1.29, 1.82) is 0 Å². The van der Waals surface area contributed by atoms with Crippen LogP contribution in [0.4, 0.5) is 5.69 Å². The summed E-state index contributed by atoms with van der Waals surface area (Å²) in [6.07, 6.45) is 6.31. The molecule has 4 nitrogen and oxygen atoms in total. The minimum absolute atomic E-state index is 0.740. The van der Waals surface area contributed by atoms with Crippen LogP contribution in [0.15, 0.2) is 36.7 Å². The summed E-state index contributed by atoms with van der Waals surface area (Å²) < 4.78 is 0. The van der Waals surface area contributed by atoms with E-state index in [1.54, 1.807) is 6.20 Å². The van der Waals surface area contributed by atoms with Gasteiger partial charge in [0.1, 0.15) is 5.82 Å². The number of rotatable bonds is 5. The average molecular weight is 256 g/mol. The number of anilines is 1. The maximum Gasteiger partial charge on any atom is 0.125 e. The van der Waals surface area contributed by atoms with Crippen LogP contribution in [0.1, 0.15) is 24.2 Å². The molecule has 2 aromatic rings. The van der Waals surface area contributed by atoms with Crippen LogP contribution < -0.4 is 5.32 Å². The molecule has 0 atom stereocenters. The Morgan fingerprint density at radius 1 is 1.21 bits per heavy atom. The fourth-order valence-corrected chi connectivity index (χ4v) is 2.59. The summed E-state index contributed by atoms with van der Waals surface area (Å²) in [6, 6.07) is 8.55. The third kappa shape index (κ3) is 3.15. The molecule has 0 aliphatic carbocycles. The van der Waals surface area contributed by atoms with E-state index in [-0.39, 0.29) is 0 Å². The average Bonchev–Trinajstić information content (AvgIpc) is 3.10. The number of aromatic nitrogens is 2. The van der Waals surface area contributed by atoms with Gasteiger partial charge in [-0.2, -0.15) is 0 Å². The molecule has 1 aromatic heterocycles. The van der Waals surface area contributed by atoms with Crippen LogP contribution in [-0.4, -0.2) is 28.0 Å². The number of para-hydroxylation sites is 1. The molecular weight excluding hydrogens is 236 g/mol. The molecule has 0 unspecified atom stereocenters. The molecule has 2 heterocycles. The Bertz CT molecular complexity index is 501. The van der Waals surface area contributed by atoms with Gasteiger partial charge in [0.15, 0.2) is 0 Å². The lowest BCUT2D eigenvalue weighted by molar-refractivity contribution is 0.332. The molecule has 1 aliphatic heterocycles. The van der Waals surface area contributed by atoms with Gasteiger partial charge < -0.3 is 10.3 Å². The third-order valence-electron chi connectivity index (χ3n) is 3.61. The number of benzene rings is 1. The highest BCUT2D eigenvalue weighted by molar-refractivity contribution is 5.51. The van der Waals surface area contributed by atoms with Crippen LogP contribution in [-0.2, 0) is 13.1 Å². The van der Waals surface area contributed by atoms with Gasteiger partial charge in [-0.3, -0.25) is 4.90 Å². The monoisotopic (exact) mass is 256 g/mol. The van der Waals surface area contributed by atoms with E-state index in [4.69, 9.17) is 0 Å². The van der Waals surface area contributed by atoms with E-state index < -0.39 is 0 Å². The minimum Gasteiger partial charge on any atom is -0.378 e. The van der Waals surface area contributed by atoms with E-state index in [2.05, 4.69) is 44.5 Å². The SMILES string of the molecule is c1ccc(NCc2ncc[nH]2)c(CN2CCCC2)c1. The third-order valence-corrected chi connectivity index (χ3v) is 3.61. The molecule has 19 heavy (non-hydrogen) atoms. The predicted molar refractivity (Wildman–Crippen MR) is 76.9 cm³/mol. The Morgan fingerprint density at radius 3 is 2.84 bits per heavy atom. The Balaban J connectivity index is 1.66. The van der Waals surface area contributed by atoms with E-state index in [0.29, 0.717) is 0 Å². The first-order valence-electron chi connectivity index (χ1n) is 6.94. The van der Waals surface area contributed by atoms with Crippen molar-refractivity contribution in [3.8, 4) is 0 Å². The van der Waals surface area contributed by atoms with Crippen LogP contribution in [0.25, 0.3) is 0 Å². The summed E-state index contributed by atoms with van der Waals surface area (Å²) in [6.45, 7) is 4.24. The quantitative estimate of drug-likeness (QED) is 0.864. The molecule has 0 saturated carbocycles. The van der Waals surface area contributed by atoms with Crippen LogP contribution >= 0.6 is 0 Å². The topological polar surface area (TPSA) is 44.0 Å². The predicted octanol–water partition coefficient (Wildman–Crippen LogP) is 2.62. The van der Waals surface area contributed by atoms with Crippen LogP contribution in [0.5, 0.6) is 0 Å². The van der Waals surface area contributed by atoms with Crippen LogP contribution in [0.2, 0.25) is 0 Å². The number of imidazole rings is 1. The second-order valence-corrected chi connectivity index (χ2v) is 5.03. The number of likely N-dealkylation sites (tertiary alicyclic amines) is 1. The van der Waals surface area contributed by atoms with Crippen molar-refractivity contribution >= 4 is 5.69 Å². The highest BCUT2D eigenvalue weighted by Crippen LogP contribution is 2.20. The van der Waals surface area contributed by atoms with Crippen LogP contribution in [0.3, 0.4) is 0 Å². The summed E-state index contributed by atoms with van der Waals surface area (Å²) >= 11 is 0. The van der Waals surface area contributed by atoms with E-state index in [1.165, 1.54) is 37.2 Å². The van der Waals surface area contributed by atoms with Gasteiger partial charge in [0, 0.05) is 24.6 Å². The van der Waals surface area contributed by atoms with Gasteiger partial charge in [0.05, 0.1) is 6.54 Å². The fourth-order valence-electron chi connectivity index (χ4n) is 2.59. The molecule has 1 aliphatic rings. The van der Waals surface area contributed by atoms with Crippen molar-refractivity contribution in [2.24, 2.45) is 0 Å². The van der Waals surface area contributed by atoms with E-state index >= 15 is 0 Å². The number of hydrogen-bond donors (Lipinski definition) is 2.